The van der Waals surface area contributed by atoms with E-state index in [1.807, 2.05) is 0 Å². The lowest BCUT2D eigenvalue weighted by molar-refractivity contribution is -0.133. The van der Waals surface area contributed by atoms with Crippen LogP contribution in [0.3, 0.4) is 0 Å². The molecule has 0 aliphatic heterocycles. The lowest BCUT2D eigenvalue weighted by atomic mass is 9.72. The maximum Gasteiger partial charge on any atom is 0.153 e. The zero-order valence-electron chi connectivity index (χ0n) is 12.4. The Balaban J connectivity index is 2.02. The Morgan fingerprint density at radius 3 is 2.17 bits per heavy atom. The minimum atomic E-state index is -0.130. The summed E-state index contributed by atoms with van der Waals surface area (Å²) < 4.78 is 0. The highest BCUT2D eigenvalue weighted by molar-refractivity contribution is 5.88. The van der Waals surface area contributed by atoms with Gasteiger partial charge in [-0.05, 0) is 51.6 Å². The van der Waals surface area contributed by atoms with E-state index in [9.17, 15) is 4.79 Å². The smallest absolute Gasteiger partial charge is 0.153 e. The lowest BCUT2D eigenvalue weighted by Gasteiger charge is -2.43. The van der Waals surface area contributed by atoms with E-state index in [2.05, 4.69) is 25.9 Å². The van der Waals surface area contributed by atoms with Gasteiger partial charge >= 0.3 is 0 Å². The molecule has 2 aliphatic rings. The van der Waals surface area contributed by atoms with Gasteiger partial charge in [-0.15, -0.1) is 0 Å². The zero-order chi connectivity index (χ0) is 13.2. The van der Waals surface area contributed by atoms with Gasteiger partial charge in [0.15, 0.2) is 5.78 Å². The normalized spacial score (nSPS) is 34.1. The van der Waals surface area contributed by atoms with Gasteiger partial charge in [0.1, 0.15) is 0 Å². The monoisotopic (exact) mass is 251 g/mol. The van der Waals surface area contributed by atoms with E-state index in [0.717, 1.165) is 25.2 Å². The van der Waals surface area contributed by atoms with Gasteiger partial charge in [0, 0.05) is 6.42 Å². The quantitative estimate of drug-likeness (QED) is 0.760. The Kier molecular flexibility index (Phi) is 4.47. The fourth-order valence-corrected chi connectivity index (χ4v) is 3.88. The molecule has 0 bridgehead atoms. The molecule has 104 valence electrons. The Bertz CT molecular complexity index is 283. The Morgan fingerprint density at radius 1 is 1.11 bits per heavy atom. The van der Waals surface area contributed by atoms with Crippen LogP contribution in [0, 0.1) is 11.8 Å². The maximum atomic E-state index is 12.8. The molecule has 2 aliphatic carbocycles. The molecular weight excluding hydrogens is 222 g/mol. The van der Waals surface area contributed by atoms with E-state index < -0.39 is 0 Å². The molecule has 0 aromatic heterocycles. The number of carbonyl (C=O) groups is 1. The zero-order valence-corrected chi connectivity index (χ0v) is 12.4. The number of Topliss-reactive ketones (excluding diaryl/α,β-unsaturated/α-hetero) is 1. The molecule has 0 heterocycles. The average molecular weight is 251 g/mol. The van der Waals surface area contributed by atoms with Crippen molar-refractivity contribution in [2.24, 2.45) is 11.8 Å². The Labute approximate surface area is 112 Å². The van der Waals surface area contributed by atoms with Gasteiger partial charge in [-0.25, -0.2) is 0 Å². The molecule has 0 N–H and O–H groups in total. The molecule has 2 rings (SSSR count). The molecule has 2 heteroatoms. The second-order valence-corrected chi connectivity index (χ2v) is 6.89. The van der Waals surface area contributed by atoms with Crippen LogP contribution in [0.25, 0.3) is 0 Å². The first kappa shape index (κ1) is 14.0. The van der Waals surface area contributed by atoms with E-state index in [0.29, 0.717) is 11.7 Å². The van der Waals surface area contributed by atoms with Crippen molar-refractivity contribution < 1.29 is 4.79 Å². The molecule has 0 aromatic carbocycles. The van der Waals surface area contributed by atoms with Crippen LogP contribution in [-0.2, 0) is 4.79 Å². The van der Waals surface area contributed by atoms with Crippen LogP contribution >= 0.6 is 0 Å². The van der Waals surface area contributed by atoms with Gasteiger partial charge in [-0.2, -0.15) is 0 Å². The SMILES string of the molecule is CC1CCC(C(=O)CC2CCCC2)(N(C)C)CC1. The van der Waals surface area contributed by atoms with Crippen molar-refractivity contribution in [2.45, 2.75) is 70.3 Å². The van der Waals surface area contributed by atoms with Crippen molar-refractivity contribution in [3.8, 4) is 0 Å². The highest BCUT2D eigenvalue weighted by Crippen LogP contribution is 2.39. The topological polar surface area (TPSA) is 20.3 Å². The third-order valence-electron chi connectivity index (χ3n) is 5.43. The van der Waals surface area contributed by atoms with Gasteiger partial charge in [0.2, 0.25) is 0 Å². The van der Waals surface area contributed by atoms with Crippen LogP contribution in [0.1, 0.15) is 64.7 Å². The molecule has 2 fully saturated rings. The van der Waals surface area contributed by atoms with Crippen LogP contribution in [0.4, 0.5) is 0 Å². The highest BCUT2D eigenvalue weighted by atomic mass is 16.1. The molecule has 18 heavy (non-hydrogen) atoms. The highest BCUT2D eigenvalue weighted by Gasteiger charge is 2.43. The average Bonchev–Trinajstić information content (AvgIpc) is 2.82. The van der Waals surface area contributed by atoms with Crippen LogP contribution in [-0.4, -0.2) is 30.3 Å². The van der Waals surface area contributed by atoms with Crippen molar-refractivity contribution in [1.82, 2.24) is 4.90 Å². The van der Waals surface area contributed by atoms with Crippen molar-refractivity contribution in [3.05, 3.63) is 0 Å². The molecule has 0 saturated heterocycles. The Morgan fingerprint density at radius 2 is 1.67 bits per heavy atom. The fraction of sp³-hybridized carbons (Fsp3) is 0.938. The summed E-state index contributed by atoms with van der Waals surface area (Å²) in [6.45, 7) is 2.32. The van der Waals surface area contributed by atoms with Crippen LogP contribution < -0.4 is 0 Å². The number of nitrogens with zero attached hydrogens (tertiary/aromatic N) is 1. The van der Waals surface area contributed by atoms with Gasteiger partial charge in [0.25, 0.3) is 0 Å². The van der Waals surface area contributed by atoms with Crippen molar-refractivity contribution in [1.29, 1.82) is 0 Å². The number of ketones is 1. The number of likely N-dealkylation sites (N-methyl/N-ethyl adjacent to an activating group) is 1. The summed E-state index contributed by atoms with van der Waals surface area (Å²) in [4.78, 5) is 15.0. The first-order valence-electron chi connectivity index (χ1n) is 7.75. The molecule has 2 saturated carbocycles. The summed E-state index contributed by atoms with van der Waals surface area (Å²) in [6.07, 6.45) is 10.7. The second-order valence-electron chi connectivity index (χ2n) is 6.89. The van der Waals surface area contributed by atoms with Gasteiger partial charge in [-0.3, -0.25) is 9.69 Å². The first-order valence-corrected chi connectivity index (χ1v) is 7.75. The summed E-state index contributed by atoms with van der Waals surface area (Å²) in [5.74, 6) is 2.03. The third-order valence-corrected chi connectivity index (χ3v) is 5.43. The molecule has 0 unspecified atom stereocenters. The van der Waals surface area contributed by atoms with Crippen molar-refractivity contribution >= 4 is 5.78 Å². The van der Waals surface area contributed by atoms with Gasteiger partial charge in [-0.1, -0.05) is 32.6 Å². The third kappa shape index (κ3) is 2.79. The molecule has 0 atom stereocenters. The predicted octanol–water partition coefficient (Wildman–Crippen LogP) is 3.65. The van der Waals surface area contributed by atoms with E-state index in [-0.39, 0.29) is 5.54 Å². The first-order chi connectivity index (χ1) is 8.54. The van der Waals surface area contributed by atoms with E-state index >= 15 is 0 Å². The second kappa shape index (κ2) is 5.73. The summed E-state index contributed by atoms with van der Waals surface area (Å²) in [6, 6.07) is 0. The minimum absolute atomic E-state index is 0.130. The van der Waals surface area contributed by atoms with E-state index in [1.54, 1.807) is 0 Å². The minimum Gasteiger partial charge on any atom is -0.298 e. The molecule has 0 aromatic rings. The summed E-state index contributed by atoms with van der Waals surface area (Å²) in [5.41, 5.74) is -0.130. The van der Waals surface area contributed by atoms with Crippen LogP contribution in [0.15, 0.2) is 0 Å². The standard InChI is InChI=1S/C16H29NO/c1-13-8-10-16(11-9-13,17(2)3)15(18)12-14-6-4-5-7-14/h13-14H,4-12H2,1-3H3. The molecule has 2 nitrogen and oxygen atoms in total. The summed E-state index contributed by atoms with van der Waals surface area (Å²) >= 11 is 0. The van der Waals surface area contributed by atoms with Crippen LogP contribution in [0.2, 0.25) is 0 Å². The van der Waals surface area contributed by atoms with Crippen molar-refractivity contribution in [2.75, 3.05) is 14.1 Å². The fourth-order valence-electron chi connectivity index (χ4n) is 3.88. The largest absolute Gasteiger partial charge is 0.298 e. The van der Waals surface area contributed by atoms with Crippen molar-refractivity contribution in [3.63, 3.8) is 0 Å². The summed E-state index contributed by atoms with van der Waals surface area (Å²) in [7, 11) is 4.20. The number of hydrogen-bond donors (Lipinski definition) is 0. The molecule has 0 radical (unpaired) electrons. The lowest BCUT2D eigenvalue weighted by Crippen LogP contribution is -2.53. The van der Waals surface area contributed by atoms with E-state index in [1.165, 1.54) is 38.5 Å². The van der Waals surface area contributed by atoms with Gasteiger partial charge < -0.3 is 0 Å². The van der Waals surface area contributed by atoms with Crippen LogP contribution in [0.5, 0.6) is 0 Å². The molecular formula is C16H29NO. The summed E-state index contributed by atoms with van der Waals surface area (Å²) in [5, 5.41) is 0. The van der Waals surface area contributed by atoms with Gasteiger partial charge in [0.05, 0.1) is 5.54 Å². The van der Waals surface area contributed by atoms with E-state index in [4.69, 9.17) is 0 Å². The maximum absolute atomic E-state index is 12.8. The predicted molar refractivity (Wildman–Crippen MR) is 75.6 cm³/mol. The molecule has 0 amide bonds. The number of hydrogen-bond acceptors (Lipinski definition) is 2. The molecule has 0 spiro atoms. The number of carbonyl (C=O) groups excluding carboxylic acids is 1. The Hall–Kier alpha value is -0.370. The number of rotatable bonds is 4.